The second kappa shape index (κ2) is 8.69. The van der Waals surface area contributed by atoms with E-state index in [0.717, 1.165) is 25.9 Å². The first-order valence-electron chi connectivity index (χ1n) is 8.68. The van der Waals surface area contributed by atoms with Crippen LogP contribution in [-0.2, 0) is 25.9 Å². The van der Waals surface area contributed by atoms with E-state index in [1.54, 1.807) is 0 Å². The Labute approximate surface area is 141 Å². The fourth-order valence-electron chi connectivity index (χ4n) is 2.72. The standard InChI is InChI=1S/C22H29N/c1-5-18(4)23(16-21-12-8-19(6-2)9-13-21)17-22-14-10-20(7-3)11-15-22/h5,8-15,18H,1,6-7,16-17H2,2-4H3. The average molecular weight is 307 g/mol. The summed E-state index contributed by atoms with van der Waals surface area (Å²) >= 11 is 0. The fraction of sp³-hybridized carbons (Fsp3) is 0.364. The highest BCUT2D eigenvalue weighted by atomic mass is 15.1. The van der Waals surface area contributed by atoms with E-state index < -0.39 is 0 Å². The van der Waals surface area contributed by atoms with Crippen molar-refractivity contribution in [2.45, 2.75) is 52.7 Å². The van der Waals surface area contributed by atoms with Crippen molar-refractivity contribution < 1.29 is 0 Å². The van der Waals surface area contributed by atoms with Crippen molar-refractivity contribution in [2.75, 3.05) is 0 Å². The van der Waals surface area contributed by atoms with E-state index in [-0.39, 0.29) is 0 Å². The summed E-state index contributed by atoms with van der Waals surface area (Å²) in [5.74, 6) is 0. The van der Waals surface area contributed by atoms with Crippen molar-refractivity contribution in [1.82, 2.24) is 4.90 Å². The number of hydrogen-bond donors (Lipinski definition) is 0. The van der Waals surface area contributed by atoms with E-state index in [1.807, 2.05) is 6.08 Å². The molecule has 0 heterocycles. The van der Waals surface area contributed by atoms with Crippen molar-refractivity contribution in [3.8, 4) is 0 Å². The van der Waals surface area contributed by atoms with Crippen molar-refractivity contribution >= 4 is 0 Å². The minimum absolute atomic E-state index is 0.353. The molecule has 0 bridgehead atoms. The lowest BCUT2D eigenvalue weighted by molar-refractivity contribution is 0.223. The number of nitrogens with zero attached hydrogens (tertiary/aromatic N) is 1. The molecule has 2 aromatic rings. The fourth-order valence-corrected chi connectivity index (χ4v) is 2.72. The molecular formula is C22H29N. The molecule has 1 unspecified atom stereocenters. The summed E-state index contributed by atoms with van der Waals surface area (Å²) in [5, 5.41) is 0. The first-order chi connectivity index (χ1) is 11.2. The Kier molecular flexibility index (Phi) is 6.61. The zero-order valence-electron chi connectivity index (χ0n) is 14.8. The molecule has 122 valence electrons. The van der Waals surface area contributed by atoms with Crippen LogP contribution in [0, 0.1) is 0 Å². The third-order valence-electron chi connectivity index (χ3n) is 4.55. The highest BCUT2D eigenvalue weighted by molar-refractivity contribution is 5.24. The zero-order valence-corrected chi connectivity index (χ0v) is 14.8. The first kappa shape index (κ1) is 17.5. The van der Waals surface area contributed by atoms with E-state index in [9.17, 15) is 0 Å². The Morgan fingerprint density at radius 2 is 1.13 bits per heavy atom. The van der Waals surface area contributed by atoms with Crippen LogP contribution >= 0.6 is 0 Å². The minimum atomic E-state index is 0.353. The molecule has 0 spiro atoms. The molecule has 0 radical (unpaired) electrons. The number of benzene rings is 2. The molecule has 0 amide bonds. The summed E-state index contributed by atoms with van der Waals surface area (Å²) in [5.41, 5.74) is 5.52. The molecule has 23 heavy (non-hydrogen) atoms. The molecule has 0 aliphatic carbocycles. The van der Waals surface area contributed by atoms with Gasteiger partial charge in [-0.05, 0) is 42.0 Å². The Morgan fingerprint density at radius 3 is 1.43 bits per heavy atom. The van der Waals surface area contributed by atoms with E-state index >= 15 is 0 Å². The molecule has 1 atom stereocenters. The second-order valence-electron chi connectivity index (χ2n) is 6.22. The van der Waals surface area contributed by atoms with E-state index in [0.29, 0.717) is 6.04 Å². The quantitative estimate of drug-likeness (QED) is 0.591. The van der Waals surface area contributed by atoms with Crippen molar-refractivity contribution in [2.24, 2.45) is 0 Å². The van der Waals surface area contributed by atoms with Crippen LogP contribution in [-0.4, -0.2) is 10.9 Å². The number of aryl methyl sites for hydroxylation is 2. The number of rotatable bonds is 8. The monoisotopic (exact) mass is 307 g/mol. The summed E-state index contributed by atoms with van der Waals surface area (Å²) in [6, 6.07) is 18.3. The highest BCUT2D eigenvalue weighted by Gasteiger charge is 2.12. The van der Waals surface area contributed by atoms with Gasteiger partial charge in [0.1, 0.15) is 0 Å². The molecule has 0 N–H and O–H groups in total. The third kappa shape index (κ3) is 5.07. The number of hydrogen-bond acceptors (Lipinski definition) is 1. The largest absolute Gasteiger partial charge is 0.289 e. The predicted octanol–water partition coefficient (Wildman–Crippen LogP) is 5.39. The van der Waals surface area contributed by atoms with Crippen LogP contribution in [0.25, 0.3) is 0 Å². The van der Waals surface area contributed by atoms with Crippen LogP contribution in [0.1, 0.15) is 43.0 Å². The van der Waals surface area contributed by atoms with Crippen LogP contribution in [0.4, 0.5) is 0 Å². The molecule has 0 aromatic heterocycles. The Balaban J connectivity index is 2.10. The molecule has 0 aliphatic heterocycles. The van der Waals surface area contributed by atoms with Crippen LogP contribution < -0.4 is 0 Å². The minimum Gasteiger partial charge on any atom is -0.289 e. The van der Waals surface area contributed by atoms with E-state index in [2.05, 4.69) is 80.8 Å². The van der Waals surface area contributed by atoms with Gasteiger partial charge in [0.15, 0.2) is 0 Å². The van der Waals surface area contributed by atoms with Gasteiger partial charge in [0, 0.05) is 19.1 Å². The lowest BCUT2D eigenvalue weighted by Gasteiger charge is -2.27. The highest BCUT2D eigenvalue weighted by Crippen LogP contribution is 2.16. The summed E-state index contributed by atoms with van der Waals surface area (Å²) in [6.07, 6.45) is 4.22. The van der Waals surface area contributed by atoms with Gasteiger partial charge in [-0.1, -0.05) is 68.5 Å². The Hall–Kier alpha value is -1.86. The van der Waals surface area contributed by atoms with Gasteiger partial charge in [-0.15, -0.1) is 6.58 Å². The molecule has 0 saturated carbocycles. The van der Waals surface area contributed by atoms with Gasteiger partial charge in [0.2, 0.25) is 0 Å². The van der Waals surface area contributed by atoms with Crippen LogP contribution in [0.3, 0.4) is 0 Å². The predicted molar refractivity (Wildman–Crippen MR) is 101 cm³/mol. The summed E-state index contributed by atoms with van der Waals surface area (Å²) in [6.45, 7) is 12.5. The third-order valence-corrected chi connectivity index (χ3v) is 4.55. The summed E-state index contributed by atoms with van der Waals surface area (Å²) < 4.78 is 0. The molecule has 2 aromatic carbocycles. The smallest absolute Gasteiger partial charge is 0.0254 e. The lowest BCUT2D eigenvalue weighted by atomic mass is 10.1. The van der Waals surface area contributed by atoms with Gasteiger partial charge >= 0.3 is 0 Å². The molecule has 0 saturated heterocycles. The lowest BCUT2D eigenvalue weighted by Crippen LogP contribution is -2.30. The molecule has 1 nitrogen and oxygen atoms in total. The molecule has 0 aliphatic rings. The SMILES string of the molecule is C=CC(C)N(Cc1ccc(CC)cc1)Cc1ccc(CC)cc1. The van der Waals surface area contributed by atoms with Gasteiger partial charge in [0.25, 0.3) is 0 Å². The molecular weight excluding hydrogens is 278 g/mol. The maximum absolute atomic E-state index is 3.98. The molecule has 0 fully saturated rings. The summed E-state index contributed by atoms with van der Waals surface area (Å²) in [7, 11) is 0. The van der Waals surface area contributed by atoms with Gasteiger partial charge in [-0.3, -0.25) is 4.90 Å². The van der Waals surface area contributed by atoms with Gasteiger partial charge in [-0.25, -0.2) is 0 Å². The van der Waals surface area contributed by atoms with Gasteiger partial charge in [0.05, 0.1) is 0 Å². The van der Waals surface area contributed by atoms with Crippen LogP contribution in [0.15, 0.2) is 61.2 Å². The second-order valence-corrected chi connectivity index (χ2v) is 6.22. The average Bonchev–Trinajstić information content (AvgIpc) is 2.61. The zero-order chi connectivity index (χ0) is 16.7. The topological polar surface area (TPSA) is 3.24 Å². The first-order valence-corrected chi connectivity index (χ1v) is 8.68. The van der Waals surface area contributed by atoms with Crippen LogP contribution in [0.5, 0.6) is 0 Å². The van der Waals surface area contributed by atoms with Crippen molar-refractivity contribution in [3.05, 3.63) is 83.4 Å². The maximum atomic E-state index is 3.98. The van der Waals surface area contributed by atoms with E-state index in [1.165, 1.54) is 22.3 Å². The Morgan fingerprint density at radius 1 is 0.783 bits per heavy atom. The Bertz CT molecular complexity index is 545. The van der Waals surface area contributed by atoms with Gasteiger partial charge < -0.3 is 0 Å². The maximum Gasteiger partial charge on any atom is 0.0254 e. The van der Waals surface area contributed by atoms with Gasteiger partial charge in [-0.2, -0.15) is 0 Å². The summed E-state index contributed by atoms with van der Waals surface area (Å²) in [4.78, 5) is 2.47. The molecule has 1 heteroatoms. The molecule has 2 rings (SSSR count). The van der Waals surface area contributed by atoms with E-state index in [4.69, 9.17) is 0 Å². The van der Waals surface area contributed by atoms with Crippen molar-refractivity contribution in [3.63, 3.8) is 0 Å². The van der Waals surface area contributed by atoms with Crippen LogP contribution in [0.2, 0.25) is 0 Å². The normalized spacial score (nSPS) is 12.3. The van der Waals surface area contributed by atoms with Crippen molar-refractivity contribution in [1.29, 1.82) is 0 Å².